The SMILES string of the molecule is CC1CCCN(Cc2cccc3ccccc23)C1.Cc1ccc2cnccc2c1. The Balaban J connectivity index is 0.000000159. The first-order chi connectivity index (χ1) is 14.2. The van der Waals surface area contributed by atoms with Gasteiger partial charge in [0, 0.05) is 30.9 Å². The fourth-order valence-corrected chi connectivity index (χ4v) is 4.30. The molecule has 1 aliphatic heterocycles. The fraction of sp³-hybridized carbons (Fsp3) is 0.296. The highest BCUT2D eigenvalue weighted by Gasteiger charge is 2.16. The van der Waals surface area contributed by atoms with Gasteiger partial charge in [-0.2, -0.15) is 0 Å². The summed E-state index contributed by atoms with van der Waals surface area (Å²) in [6.45, 7) is 8.08. The number of benzene rings is 3. The molecular weight excluding hydrogens is 352 g/mol. The van der Waals surface area contributed by atoms with Gasteiger partial charge in [0.05, 0.1) is 0 Å². The molecule has 4 aromatic rings. The Morgan fingerprint density at radius 2 is 1.79 bits per heavy atom. The summed E-state index contributed by atoms with van der Waals surface area (Å²) in [5.41, 5.74) is 2.77. The Bertz CT molecular complexity index is 1080. The average molecular weight is 383 g/mol. The van der Waals surface area contributed by atoms with Gasteiger partial charge in [0.15, 0.2) is 0 Å². The monoisotopic (exact) mass is 382 g/mol. The van der Waals surface area contributed by atoms with Crippen LogP contribution in [0.4, 0.5) is 0 Å². The number of piperidine rings is 1. The third kappa shape index (κ3) is 5.02. The van der Waals surface area contributed by atoms with E-state index in [9.17, 15) is 0 Å². The van der Waals surface area contributed by atoms with Gasteiger partial charge in [-0.25, -0.2) is 0 Å². The van der Waals surface area contributed by atoms with Crippen molar-refractivity contribution in [1.29, 1.82) is 0 Å². The molecule has 0 amide bonds. The number of fused-ring (bicyclic) bond motifs is 2. The van der Waals surface area contributed by atoms with Crippen LogP contribution < -0.4 is 0 Å². The molecule has 0 bridgehead atoms. The molecule has 3 aromatic carbocycles. The fourth-order valence-electron chi connectivity index (χ4n) is 4.30. The summed E-state index contributed by atoms with van der Waals surface area (Å²) in [6, 6.07) is 23.8. The van der Waals surface area contributed by atoms with E-state index in [-0.39, 0.29) is 0 Å². The van der Waals surface area contributed by atoms with Gasteiger partial charge in [-0.1, -0.05) is 73.2 Å². The zero-order valence-electron chi connectivity index (χ0n) is 17.5. The van der Waals surface area contributed by atoms with Crippen molar-refractivity contribution in [2.75, 3.05) is 13.1 Å². The Labute approximate surface area is 174 Å². The Morgan fingerprint density at radius 1 is 0.931 bits per heavy atom. The molecule has 2 heteroatoms. The van der Waals surface area contributed by atoms with Crippen LogP contribution >= 0.6 is 0 Å². The smallest absolute Gasteiger partial charge is 0.0346 e. The van der Waals surface area contributed by atoms with Crippen molar-refractivity contribution < 1.29 is 0 Å². The molecular formula is C27H30N2. The van der Waals surface area contributed by atoms with E-state index in [0.29, 0.717) is 0 Å². The molecule has 1 unspecified atom stereocenters. The summed E-state index contributed by atoms with van der Waals surface area (Å²) in [4.78, 5) is 6.65. The largest absolute Gasteiger partial charge is 0.299 e. The summed E-state index contributed by atoms with van der Waals surface area (Å²) in [6.07, 6.45) is 6.45. The van der Waals surface area contributed by atoms with Crippen molar-refractivity contribution in [3.05, 3.63) is 90.3 Å². The Kier molecular flexibility index (Phi) is 6.21. The van der Waals surface area contributed by atoms with Crippen molar-refractivity contribution >= 4 is 21.5 Å². The molecule has 5 rings (SSSR count). The van der Waals surface area contributed by atoms with Crippen LogP contribution in [0, 0.1) is 12.8 Å². The number of hydrogen-bond acceptors (Lipinski definition) is 2. The first kappa shape index (κ1) is 19.6. The lowest BCUT2D eigenvalue weighted by molar-refractivity contribution is 0.177. The van der Waals surface area contributed by atoms with Crippen LogP contribution in [-0.2, 0) is 6.54 Å². The predicted molar refractivity (Wildman–Crippen MR) is 124 cm³/mol. The highest BCUT2D eigenvalue weighted by atomic mass is 15.1. The molecule has 29 heavy (non-hydrogen) atoms. The molecule has 0 saturated carbocycles. The first-order valence-electron chi connectivity index (χ1n) is 10.7. The number of rotatable bonds is 2. The summed E-state index contributed by atoms with van der Waals surface area (Å²) < 4.78 is 0. The van der Waals surface area contributed by atoms with Crippen LogP contribution in [0.2, 0.25) is 0 Å². The van der Waals surface area contributed by atoms with Crippen LogP contribution in [0.5, 0.6) is 0 Å². The number of aromatic nitrogens is 1. The third-order valence-electron chi connectivity index (χ3n) is 5.81. The summed E-state index contributed by atoms with van der Waals surface area (Å²) in [5, 5.41) is 5.25. The van der Waals surface area contributed by atoms with Gasteiger partial charge >= 0.3 is 0 Å². The molecule has 1 aliphatic rings. The third-order valence-corrected chi connectivity index (χ3v) is 5.81. The molecule has 1 aromatic heterocycles. The summed E-state index contributed by atoms with van der Waals surface area (Å²) in [5.74, 6) is 0.855. The van der Waals surface area contributed by atoms with Gasteiger partial charge in [-0.3, -0.25) is 9.88 Å². The number of likely N-dealkylation sites (tertiary alicyclic amines) is 1. The molecule has 1 atom stereocenters. The maximum absolute atomic E-state index is 4.04. The first-order valence-corrected chi connectivity index (χ1v) is 10.7. The lowest BCUT2D eigenvalue weighted by Crippen LogP contribution is -2.33. The Hall–Kier alpha value is -2.71. The predicted octanol–water partition coefficient (Wildman–Crippen LogP) is 6.61. The zero-order chi connectivity index (χ0) is 20.1. The van der Waals surface area contributed by atoms with E-state index in [2.05, 4.69) is 84.4 Å². The van der Waals surface area contributed by atoms with Gasteiger partial charge in [-0.05, 0) is 60.0 Å². The molecule has 1 saturated heterocycles. The van der Waals surface area contributed by atoms with Crippen molar-refractivity contribution in [2.45, 2.75) is 33.2 Å². The van der Waals surface area contributed by atoms with E-state index >= 15 is 0 Å². The number of aryl methyl sites for hydroxylation is 1. The van der Waals surface area contributed by atoms with Crippen molar-refractivity contribution in [3.8, 4) is 0 Å². The lowest BCUT2D eigenvalue weighted by atomic mass is 9.98. The molecule has 0 aliphatic carbocycles. The van der Waals surface area contributed by atoms with Crippen molar-refractivity contribution in [1.82, 2.24) is 9.88 Å². The molecule has 2 nitrogen and oxygen atoms in total. The standard InChI is InChI=1S/C17H21N.C10H9N/c1-14-6-5-11-18(12-14)13-16-9-4-8-15-7-2-3-10-17(15)16;1-8-2-3-10-7-11-5-4-9(10)6-8/h2-4,7-10,14H,5-6,11-13H2,1H3;2-7H,1H3. The van der Waals surface area contributed by atoms with E-state index < -0.39 is 0 Å². The van der Waals surface area contributed by atoms with Crippen LogP contribution in [0.3, 0.4) is 0 Å². The quantitative estimate of drug-likeness (QED) is 0.387. The van der Waals surface area contributed by atoms with E-state index in [1.54, 1.807) is 0 Å². The average Bonchev–Trinajstić information content (AvgIpc) is 2.74. The molecule has 0 radical (unpaired) electrons. The summed E-state index contributed by atoms with van der Waals surface area (Å²) >= 11 is 0. The van der Waals surface area contributed by atoms with E-state index in [1.807, 2.05) is 18.5 Å². The van der Waals surface area contributed by atoms with Gasteiger partial charge < -0.3 is 0 Å². The highest BCUT2D eigenvalue weighted by molar-refractivity contribution is 5.85. The van der Waals surface area contributed by atoms with Crippen LogP contribution in [0.1, 0.15) is 30.9 Å². The molecule has 148 valence electrons. The van der Waals surface area contributed by atoms with Gasteiger partial charge in [0.25, 0.3) is 0 Å². The molecule has 1 fully saturated rings. The van der Waals surface area contributed by atoms with Crippen molar-refractivity contribution in [3.63, 3.8) is 0 Å². The van der Waals surface area contributed by atoms with Gasteiger partial charge in [0.2, 0.25) is 0 Å². The molecule has 0 spiro atoms. The van der Waals surface area contributed by atoms with E-state index in [1.165, 1.54) is 58.6 Å². The molecule has 2 heterocycles. The topological polar surface area (TPSA) is 16.1 Å². The van der Waals surface area contributed by atoms with E-state index in [0.717, 1.165) is 12.5 Å². The van der Waals surface area contributed by atoms with Crippen LogP contribution in [0.25, 0.3) is 21.5 Å². The minimum atomic E-state index is 0.855. The second-order valence-corrected chi connectivity index (χ2v) is 8.35. The summed E-state index contributed by atoms with van der Waals surface area (Å²) in [7, 11) is 0. The minimum absolute atomic E-state index is 0.855. The highest BCUT2D eigenvalue weighted by Crippen LogP contribution is 2.23. The van der Waals surface area contributed by atoms with Gasteiger partial charge in [-0.15, -0.1) is 0 Å². The molecule has 0 N–H and O–H groups in total. The maximum Gasteiger partial charge on any atom is 0.0346 e. The van der Waals surface area contributed by atoms with E-state index in [4.69, 9.17) is 0 Å². The lowest BCUT2D eigenvalue weighted by Gasteiger charge is -2.31. The second kappa shape index (κ2) is 9.19. The second-order valence-electron chi connectivity index (χ2n) is 8.35. The number of nitrogens with zero attached hydrogens (tertiary/aromatic N) is 2. The minimum Gasteiger partial charge on any atom is -0.299 e. The number of pyridine rings is 1. The zero-order valence-corrected chi connectivity index (χ0v) is 17.5. The van der Waals surface area contributed by atoms with Crippen LogP contribution in [-0.4, -0.2) is 23.0 Å². The van der Waals surface area contributed by atoms with Crippen molar-refractivity contribution in [2.24, 2.45) is 5.92 Å². The number of hydrogen-bond donors (Lipinski definition) is 0. The maximum atomic E-state index is 4.04. The Morgan fingerprint density at radius 3 is 2.69 bits per heavy atom. The van der Waals surface area contributed by atoms with Crippen LogP contribution in [0.15, 0.2) is 79.1 Å². The normalized spacial score (nSPS) is 17.1. The van der Waals surface area contributed by atoms with Gasteiger partial charge in [0.1, 0.15) is 0 Å².